The molecular weight excluding hydrogens is 252 g/mol. The van der Waals surface area contributed by atoms with Crippen molar-refractivity contribution in [2.45, 2.75) is 38.8 Å². The van der Waals surface area contributed by atoms with E-state index in [9.17, 15) is 0 Å². The predicted molar refractivity (Wildman–Crippen MR) is 65.6 cm³/mol. The van der Waals surface area contributed by atoms with Gasteiger partial charge in [-0.05, 0) is 60.2 Å². The first-order chi connectivity index (χ1) is 7.08. The van der Waals surface area contributed by atoms with E-state index in [-0.39, 0.29) is 5.54 Å². The number of hydrogen-bond donors (Lipinski definition) is 1. The third kappa shape index (κ3) is 3.02. The summed E-state index contributed by atoms with van der Waals surface area (Å²) < 4.78 is 1.05. The lowest BCUT2D eigenvalue weighted by molar-refractivity contribution is 0.339. The number of nitrogens with zero attached hydrogens (tertiary/aromatic N) is 1. The molecule has 0 unspecified atom stereocenters. The normalized spacial score (nSPS) is 16.7. The van der Waals surface area contributed by atoms with Crippen LogP contribution in [0.2, 0.25) is 0 Å². The van der Waals surface area contributed by atoms with Crippen LogP contribution in [0.1, 0.15) is 32.3 Å². The van der Waals surface area contributed by atoms with Gasteiger partial charge in [0.25, 0.3) is 0 Å². The van der Waals surface area contributed by atoms with Crippen molar-refractivity contribution < 1.29 is 0 Å². The van der Waals surface area contributed by atoms with Gasteiger partial charge in [-0.2, -0.15) is 0 Å². The van der Waals surface area contributed by atoms with Gasteiger partial charge in [-0.25, -0.2) is 0 Å². The minimum Gasteiger partial charge on any atom is -0.307 e. The van der Waals surface area contributed by atoms with Crippen molar-refractivity contribution in [2.75, 3.05) is 0 Å². The lowest BCUT2D eigenvalue weighted by atomic mass is 9.98. The second kappa shape index (κ2) is 4.22. The predicted octanol–water partition coefficient (Wildman–Crippen LogP) is 3.12. The van der Waals surface area contributed by atoms with Crippen molar-refractivity contribution in [3.63, 3.8) is 0 Å². The van der Waals surface area contributed by atoms with Crippen LogP contribution in [0.25, 0.3) is 0 Å². The lowest BCUT2D eigenvalue weighted by Crippen LogP contribution is -2.40. The molecular formula is C12H17BrN2. The van der Waals surface area contributed by atoms with Crippen LogP contribution in [-0.4, -0.2) is 10.5 Å². The zero-order valence-corrected chi connectivity index (χ0v) is 10.8. The SMILES string of the molecule is CC(C)(NCc1cncc(Br)c1)C1CC1. The molecule has 1 N–H and O–H groups in total. The number of pyridine rings is 1. The van der Waals surface area contributed by atoms with Gasteiger partial charge >= 0.3 is 0 Å². The highest BCUT2D eigenvalue weighted by Gasteiger charge is 2.37. The van der Waals surface area contributed by atoms with Crippen molar-refractivity contribution in [3.05, 3.63) is 28.5 Å². The Kier molecular flexibility index (Phi) is 3.12. The summed E-state index contributed by atoms with van der Waals surface area (Å²) in [6.07, 6.45) is 6.48. The van der Waals surface area contributed by atoms with Crippen molar-refractivity contribution >= 4 is 15.9 Å². The highest BCUT2D eigenvalue weighted by molar-refractivity contribution is 9.10. The molecule has 15 heavy (non-hydrogen) atoms. The minimum atomic E-state index is 0.266. The van der Waals surface area contributed by atoms with Crippen molar-refractivity contribution in [2.24, 2.45) is 5.92 Å². The Morgan fingerprint density at radius 3 is 2.80 bits per heavy atom. The van der Waals surface area contributed by atoms with E-state index in [2.05, 4.69) is 46.1 Å². The second-order valence-electron chi connectivity index (χ2n) is 4.86. The number of rotatable bonds is 4. The molecule has 0 radical (unpaired) electrons. The molecule has 3 heteroatoms. The molecule has 2 rings (SSSR count). The molecule has 1 saturated carbocycles. The molecule has 1 aliphatic carbocycles. The van der Waals surface area contributed by atoms with E-state index < -0.39 is 0 Å². The van der Waals surface area contributed by atoms with Gasteiger partial charge in [0.2, 0.25) is 0 Å². The number of aromatic nitrogens is 1. The molecule has 1 aromatic rings. The molecule has 0 spiro atoms. The van der Waals surface area contributed by atoms with Crippen LogP contribution in [0, 0.1) is 5.92 Å². The van der Waals surface area contributed by atoms with E-state index in [1.54, 1.807) is 0 Å². The Morgan fingerprint density at radius 1 is 1.47 bits per heavy atom. The van der Waals surface area contributed by atoms with Gasteiger partial charge in [0, 0.05) is 29.0 Å². The van der Waals surface area contributed by atoms with Crippen LogP contribution >= 0.6 is 15.9 Å². The summed E-state index contributed by atoms with van der Waals surface area (Å²) >= 11 is 3.43. The van der Waals surface area contributed by atoms with Crippen LogP contribution < -0.4 is 5.32 Å². The summed E-state index contributed by atoms with van der Waals surface area (Å²) in [6.45, 7) is 5.47. The van der Waals surface area contributed by atoms with Gasteiger partial charge in [-0.15, -0.1) is 0 Å². The summed E-state index contributed by atoms with van der Waals surface area (Å²) in [7, 11) is 0. The Balaban J connectivity index is 1.92. The molecule has 0 amide bonds. The van der Waals surface area contributed by atoms with E-state index in [1.165, 1.54) is 18.4 Å². The molecule has 0 bridgehead atoms. The maximum atomic E-state index is 4.16. The van der Waals surface area contributed by atoms with Crippen LogP contribution in [0.5, 0.6) is 0 Å². The summed E-state index contributed by atoms with van der Waals surface area (Å²) in [4.78, 5) is 4.16. The first-order valence-corrected chi connectivity index (χ1v) is 6.22. The molecule has 0 aliphatic heterocycles. The molecule has 2 nitrogen and oxygen atoms in total. The smallest absolute Gasteiger partial charge is 0.0410 e. The van der Waals surface area contributed by atoms with Crippen LogP contribution in [0.15, 0.2) is 22.9 Å². The van der Waals surface area contributed by atoms with E-state index in [0.29, 0.717) is 0 Å². The first kappa shape index (κ1) is 11.1. The van der Waals surface area contributed by atoms with E-state index in [1.807, 2.05) is 12.4 Å². The highest BCUT2D eigenvalue weighted by Crippen LogP contribution is 2.39. The third-order valence-corrected chi connectivity index (χ3v) is 3.54. The fourth-order valence-electron chi connectivity index (χ4n) is 1.83. The highest BCUT2D eigenvalue weighted by atomic mass is 79.9. The van der Waals surface area contributed by atoms with Gasteiger partial charge < -0.3 is 5.32 Å². The Morgan fingerprint density at radius 2 is 2.20 bits per heavy atom. The number of nitrogens with one attached hydrogen (secondary N) is 1. The number of hydrogen-bond acceptors (Lipinski definition) is 2. The molecule has 1 heterocycles. The molecule has 0 aromatic carbocycles. The zero-order valence-electron chi connectivity index (χ0n) is 9.26. The molecule has 1 aromatic heterocycles. The Hall–Kier alpha value is -0.410. The van der Waals surface area contributed by atoms with E-state index in [4.69, 9.17) is 0 Å². The van der Waals surface area contributed by atoms with Crippen LogP contribution in [0.4, 0.5) is 0 Å². The van der Waals surface area contributed by atoms with Gasteiger partial charge in [-0.3, -0.25) is 4.98 Å². The van der Waals surface area contributed by atoms with Gasteiger partial charge in [0.05, 0.1) is 0 Å². The van der Waals surface area contributed by atoms with Crippen molar-refractivity contribution in [1.29, 1.82) is 0 Å². The summed E-state index contributed by atoms with van der Waals surface area (Å²) in [5.74, 6) is 0.859. The molecule has 0 atom stereocenters. The molecule has 1 aliphatic rings. The van der Waals surface area contributed by atoms with Crippen LogP contribution in [0.3, 0.4) is 0 Å². The third-order valence-electron chi connectivity index (χ3n) is 3.11. The maximum absolute atomic E-state index is 4.16. The summed E-state index contributed by atoms with van der Waals surface area (Å²) in [5, 5.41) is 3.60. The van der Waals surface area contributed by atoms with E-state index in [0.717, 1.165) is 16.9 Å². The minimum absolute atomic E-state index is 0.266. The molecule has 1 fully saturated rings. The first-order valence-electron chi connectivity index (χ1n) is 5.42. The average Bonchev–Trinajstić information content (AvgIpc) is 2.98. The fourth-order valence-corrected chi connectivity index (χ4v) is 2.24. The van der Waals surface area contributed by atoms with Gasteiger partial charge in [0.15, 0.2) is 0 Å². The topological polar surface area (TPSA) is 24.9 Å². The van der Waals surface area contributed by atoms with Gasteiger partial charge in [0.1, 0.15) is 0 Å². The standard InChI is InChI=1S/C12H17BrN2/c1-12(2,10-3-4-10)15-7-9-5-11(13)8-14-6-9/h5-6,8,10,15H,3-4,7H2,1-2H3. The van der Waals surface area contributed by atoms with E-state index >= 15 is 0 Å². The summed E-state index contributed by atoms with van der Waals surface area (Å²) in [6, 6.07) is 2.11. The van der Waals surface area contributed by atoms with Gasteiger partial charge in [-0.1, -0.05) is 0 Å². The Labute approximate surface area is 99.6 Å². The molecule has 82 valence electrons. The maximum Gasteiger partial charge on any atom is 0.0410 e. The summed E-state index contributed by atoms with van der Waals surface area (Å²) in [5.41, 5.74) is 1.50. The zero-order chi connectivity index (χ0) is 10.9. The Bertz CT molecular complexity index is 345. The fraction of sp³-hybridized carbons (Fsp3) is 0.583. The quantitative estimate of drug-likeness (QED) is 0.908. The monoisotopic (exact) mass is 268 g/mol. The van der Waals surface area contributed by atoms with Crippen molar-refractivity contribution in [3.8, 4) is 0 Å². The second-order valence-corrected chi connectivity index (χ2v) is 5.78. The number of halogens is 1. The van der Waals surface area contributed by atoms with Crippen LogP contribution in [-0.2, 0) is 6.54 Å². The largest absolute Gasteiger partial charge is 0.307 e. The molecule has 0 saturated heterocycles. The lowest BCUT2D eigenvalue weighted by Gasteiger charge is -2.26. The van der Waals surface area contributed by atoms with Crippen molar-refractivity contribution in [1.82, 2.24) is 10.3 Å². The average molecular weight is 269 g/mol.